The number of nitrogens with one attached hydrogen (secondary N) is 1. The highest BCUT2D eigenvalue weighted by Gasteiger charge is 2.25. The maximum Gasteiger partial charge on any atom is 0.332 e. The van der Waals surface area contributed by atoms with Crippen molar-refractivity contribution in [1.29, 1.82) is 0 Å². The Bertz CT molecular complexity index is 409. The van der Waals surface area contributed by atoms with Crippen LogP contribution in [0.15, 0.2) is 35.4 Å². The quantitative estimate of drug-likeness (QED) is 0.771. The van der Waals surface area contributed by atoms with Crippen molar-refractivity contribution in [3.63, 3.8) is 0 Å². The van der Waals surface area contributed by atoms with E-state index in [4.69, 9.17) is 10.5 Å². The molecule has 0 heterocycles. The molecule has 0 bridgehead atoms. The number of hydrazone groups is 1. The lowest BCUT2D eigenvalue weighted by atomic mass is 9.93. The lowest BCUT2D eigenvalue weighted by Gasteiger charge is -2.27. The molecule has 0 aromatic heterocycles. The topological polar surface area (TPSA) is 76.7 Å². The van der Waals surface area contributed by atoms with Gasteiger partial charge in [0.15, 0.2) is 0 Å². The summed E-state index contributed by atoms with van der Waals surface area (Å²) in [5.74, 6) is 0. The molecule has 0 radical (unpaired) electrons. The van der Waals surface area contributed by atoms with Crippen LogP contribution in [0.2, 0.25) is 0 Å². The van der Waals surface area contributed by atoms with E-state index in [9.17, 15) is 4.79 Å². The van der Waals surface area contributed by atoms with E-state index in [0.29, 0.717) is 6.61 Å². The molecule has 2 rings (SSSR count). The van der Waals surface area contributed by atoms with Crippen LogP contribution in [0, 0.1) is 0 Å². The van der Waals surface area contributed by atoms with Crippen LogP contribution in [0.1, 0.15) is 18.4 Å². The number of hydrogen-bond acceptors (Lipinski definition) is 3. The summed E-state index contributed by atoms with van der Waals surface area (Å²) in [6.07, 6.45) is 1.71. The first kappa shape index (κ1) is 11.6. The maximum absolute atomic E-state index is 10.4. The van der Waals surface area contributed by atoms with Crippen molar-refractivity contribution in [2.45, 2.75) is 25.6 Å². The second-order valence-corrected chi connectivity index (χ2v) is 3.98. The summed E-state index contributed by atoms with van der Waals surface area (Å²) < 4.78 is 5.68. The summed E-state index contributed by atoms with van der Waals surface area (Å²) in [6.45, 7) is 0.613. The molecule has 1 fully saturated rings. The lowest BCUT2D eigenvalue weighted by Crippen LogP contribution is -2.35. The van der Waals surface area contributed by atoms with Gasteiger partial charge in [-0.1, -0.05) is 30.3 Å². The van der Waals surface area contributed by atoms with Crippen LogP contribution < -0.4 is 11.2 Å². The minimum atomic E-state index is -0.633. The van der Waals surface area contributed by atoms with E-state index < -0.39 is 6.03 Å². The molecule has 5 heteroatoms. The molecular weight excluding hydrogens is 218 g/mol. The maximum atomic E-state index is 10.4. The molecular formula is C12H15N3O2. The van der Waals surface area contributed by atoms with Gasteiger partial charge in [-0.25, -0.2) is 10.2 Å². The van der Waals surface area contributed by atoms with Crippen LogP contribution in [0.3, 0.4) is 0 Å². The van der Waals surface area contributed by atoms with E-state index in [1.807, 2.05) is 30.3 Å². The first-order valence-electron chi connectivity index (χ1n) is 5.50. The Morgan fingerprint density at radius 2 is 2.12 bits per heavy atom. The monoisotopic (exact) mass is 233 g/mol. The number of rotatable bonds is 4. The number of urea groups is 1. The molecule has 1 aromatic carbocycles. The highest BCUT2D eigenvalue weighted by Crippen LogP contribution is 2.21. The van der Waals surface area contributed by atoms with E-state index >= 15 is 0 Å². The van der Waals surface area contributed by atoms with E-state index in [-0.39, 0.29) is 6.10 Å². The minimum Gasteiger partial charge on any atom is -0.373 e. The zero-order valence-corrected chi connectivity index (χ0v) is 9.43. The van der Waals surface area contributed by atoms with Crippen molar-refractivity contribution < 1.29 is 9.53 Å². The molecule has 17 heavy (non-hydrogen) atoms. The summed E-state index contributed by atoms with van der Waals surface area (Å²) in [5.41, 5.74) is 9.19. The average Bonchev–Trinajstić information content (AvgIpc) is 2.27. The van der Waals surface area contributed by atoms with E-state index in [1.54, 1.807) is 0 Å². The molecule has 5 nitrogen and oxygen atoms in total. The largest absolute Gasteiger partial charge is 0.373 e. The molecule has 0 unspecified atom stereocenters. The number of benzene rings is 1. The third kappa shape index (κ3) is 3.57. The molecule has 0 aliphatic heterocycles. The summed E-state index contributed by atoms with van der Waals surface area (Å²) >= 11 is 0. The van der Waals surface area contributed by atoms with Crippen LogP contribution in [0.25, 0.3) is 0 Å². The predicted molar refractivity (Wildman–Crippen MR) is 64.4 cm³/mol. The molecule has 1 aliphatic carbocycles. The molecule has 2 amide bonds. The van der Waals surface area contributed by atoms with Crippen LogP contribution in [-0.4, -0.2) is 17.8 Å². The third-order valence-corrected chi connectivity index (χ3v) is 2.58. The molecule has 0 atom stereocenters. The number of carbonyl (C=O) groups is 1. The van der Waals surface area contributed by atoms with Gasteiger partial charge in [0.2, 0.25) is 0 Å². The normalized spacial score (nSPS) is 18.4. The van der Waals surface area contributed by atoms with Crippen molar-refractivity contribution in [1.82, 2.24) is 5.43 Å². The number of hydrogen-bond donors (Lipinski definition) is 2. The molecule has 1 saturated carbocycles. The smallest absolute Gasteiger partial charge is 0.332 e. The van der Waals surface area contributed by atoms with Crippen LogP contribution in [0.5, 0.6) is 0 Å². The van der Waals surface area contributed by atoms with Crippen molar-refractivity contribution in [3.05, 3.63) is 35.9 Å². The molecule has 3 N–H and O–H groups in total. The van der Waals surface area contributed by atoms with Crippen molar-refractivity contribution in [3.8, 4) is 0 Å². The fraction of sp³-hybridized carbons (Fsp3) is 0.333. The standard InChI is InChI=1S/C12H15N3O2/c13-12(16)15-14-10-6-11(7-10)17-8-9-4-2-1-3-5-9/h1-5,11H,6-8H2,(H3,13,15,16). The first-order chi connectivity index (χ1) is 8.24. The summed E-state index contributed by atoms with van der Waals surface area (Å²) in [5, 5.41) is 3.85. The van der Waals surface area contributed by atoms with Gasteiger partial charge >= 0.3 is 6.03 Å². The fourth-order valence-corrected chi connectivity index (χ4v) is 1.60. The van der Waals surface area contributed by atoms with Gasteiger partial charge in [-0.15, -0.1) is 0 Å². The van der Waals surface area contributed by atoms with Crippen LogP contribution in [0.4, 0.5) is 4.79 Å². The van der Waals surface area contributed by atoms with Crippen molar-refractivity contribution in [2.75, 3.05) is 0 Å². The first-order valence-corrected chi connectivity index (χ1v) is 5.50. The Balaban J connectivity index is 1.68. The zero-order chi connectivity index (χ0) is 12.1. The van der Waals surface area contributed by atoms with Gasteiger partial charge in [0, 0.05) is 18.6 Å². The van der Waals surface area contributed by atoms with Gasteiger partial charge < -0.3 is 10.5 Å². The van der Waals surface area contributed by atoms with E-state index in [0.717, 1.165) is 24.1 Å². The third-order valence-electron chi connectivity index (χ3n) is 2.58. The van der Waals surface area contributed by atoms with Crippen molar-refractivity contribution >= 4 is 11.7 Å². The van der Waals surface area contributed by atoms with Crippen LogP contribution in [-0.2, 0) is 11.3 Å². The number of ether oxygens (including phenoxy) is 1. The lowest BCUT2D eigenvalue weighted by molar-refractivity contribution is 0.0341. The average molecular weight is 233 g/mol. The molecule has 1 aromatic rings. The minimum absolute atomic E-state index is 0.198. The molecule has 0 spiro atoms. The summed E-state index contributed by atoms with van der Waals surface area (Å²) in [6, 6.07) is 9.38. The van der Waals surface area contributed by atoms with Crippen LogP contribution >= 0.6 is 0 Å². The van der Waals surface area contributed by atoms with Crippen molar-refractivity contribution in [2.24, 2.45) is 10.8 Å². The Hall–Kier alpha value is -1.88. The van der Waals surface area contributed by atoms with E-state index in [2.05, 4.69) is 10.5 Å². The number of nitrogens with zero attached hydrogens (tertiary/aromatic N) is 1. The Morgan fingerprint density at radius 1 is 1.41 bits per heavy atom. The highest BCUT2D eigenvalue weighted by atomic mass is 16.5. The summed E-state index contributed by atoms with van der Waals surface area (Å²) in [4.78, 5) is 10.4. The van der Waals surface area contributed by atoms with Gasteiger partial charge in [-0.2, -0.15) is 5.10 Å². The van der Waals surface area contributed by atoms with Gasteiger partial charge in [-0.05, 0) is 5.56 Å². The number of carbonyl (C=O) groups excluding carboxylic acids is 1. The number of primary amides is 1. The van der Waals surface area contributed by atoms with Gasteiger partial charge in [-0.3, -0.25) is 0 Å². The van der Waals surface area contributed by atoms with Gasteiger partial charge in [0.1, 0.15) is 0 Å². The zero-order valence-electron chi connectivity index (χ0n) is 9.43. The Labute approximate surface area is 99.6 Å². The van der Waals surface area contributed by atoms with Gasteiger partial charge in [0.25, 0.3) is 0 Å². The predicted octanol–water partition coefficient (Wildman–Crippen LogP) is 1.39. The van der Waals surface area contributed by atoms with E-state index in [1.165, 1.54) is 0 Å². The Morgan fingerprint density at radius 3 is 2.76 bits per heavy atom. The number of amides is 2. The molecule has 1 aliphatic rings. The fourth-order valence-electron chi connectivity index (χ4n) is 1.60. The Kier molecular flexibility index (Phi) is 3.72. The molecule has 90 valence electrons. The number of nitrogens with two attached hydrogens (primary N) is 1. The molecule has 0 saturated heterocycles. The second-order valence-electron chi connectivity index (χ2n) is 3.98. The van der Waals surface area contributed by atoms with Gasteiger partial charge in [0.05, 0.1) is 12.7 Å². The highest BCUT2D eigenvalue weighted by molar-refractivity contribution is 5.91. The SMILES string of the molecule is NC(=O)NN=C1CC(OCc2ccccc2)C1. The second kappa shape index (κ2) is 5.45. The summed E-state index contributed by atoms with van der Waals surface area (Å²) in [7, 11) is 0.